The molecule has 1 aromatic rings. The summed E-state index contributed by atoms with van der Waals surface area (Å²) in [4.78, 5) is 14.2. The number of rotatable bonds is 5. The van der Waals surface area contributed by atoms with Crippen LogP contribution in [0.25, 0.3) is 0 Å². The zero-order valence-corrected chi connectivity index (χ0v) is 17.3. The molecule has 2 fully saturated rings. The number of nitrogens with zero attached hydrogens (tertiary/aromatic N) is 3. The number of carbonyl (C=O) groups excluding carboxylic acids is 1. The fourth-order valence-corrected chi connectivity index (χ4v) is 6.91. The standard InChI is InChI=1S/C16H25N3O6S2/c1-11-16(12(2)25-17-11)27(23,24)18-6-4-14(5-7-18)19-9-13(8-15(19)20)10-26(3,21)22/h13-14H,4-10H2,1-3H3. The molecule has 27 heavy (non-hydrogen) atoms. The van der Waals surface area contributed by atoms with Gasteiger partial charge in [-0.1, -0.05) is 5.16 Å². The Labute approximate surface area is 159 Å². The molecule has 0 aliphatic carbocycles. The molecule has 1 unspecified atom stereocenters. The highest BCUT2D eigenvalue weighted by Crippen LogP contribution is 2.30. The predicted molar refractivity (Wildman–Crippen MR) is 97.3 cm³/mol. The van der Waals surface area contributed by atoms with Gasteiger partial charge in [0.1, 0.15) is 20.4 Å². The molecule has 0 radical (unpaired) electrons. The first-order chi connectivity index (χ1) is 12.5. The summed E-state index contributed by atoms with van der Waals surface area (Å²) in [5, 5.41) is 3.72. The number of carbonyl (C=O) groups is 1. The second-order valence-corrected chi connectivity index (χ2v) is 11.6. The van der Waals surface area contributed by atoms with Crippen LogP contribution in [-0.4, -0.2) is 74.8 Å². The maximum atomic E-state index is 12.9. The van der Waals surface area contributed by atoms with Crippen molar-refractivity contribution in [2.75, 3.05) is 31.6 Å². The van der Waals surface area contributed by atoms with E-state index in [0.29, 0.717) is 38.2 Å². The lowest BCUT2D eigenvalue weighted by molar-refractivity contribution is -0.130. The Morgan fingerprint density at radius 3 is 2.30 bits per heavy atom. The highest BCUT2D eigenvalue weighted by atomic mass is 32.2. The van der Waals surface area contributed by atoms with E-state index >= 15 is 0 Å². The van der Waals surface area contributed by atoms with Crippen molar-refractivity contribution in [1.29, 1.82) is 0 Å². The molecular weight excluding hydrogens is 394 g/mol. The molecule has 152 valence electrons. The van der Waals surface area contributed by atoms with E-state index in [9.17, 15) is 21.6 Å². The van der Waals surface area contributed by atoms with E-state index in [1.54, 1.807) is 18.7 Å². The minimum Gasteiger partial charge on any atom is -0.360 e. The Balaban J connectivity index is 1.65. The van der Waals surface area contributed by atoms with Gasteiger partial charge in [0, 0.05) is 38.4 Å². The summed E-state index contributed by atoms with van der Waals surface area (Å²) in [7, 11) is -6.81. The van der Waals surface area contributed by atoms with E-state index in [2.05, 4.69) is 5.16 Å². The summed E-state index contributed by atoms with van der Waals surface area (Å²) < 4.78 is 55.1. The lowest BCUT2D eigenvalue weighted by atomic mass is 10.1. The van der Waals surface area contributed by atoms with Crippen LogP contribution in [0.5, 0.6) is 0 Å². The molecule has 1 amide bonds. The lowest BCUT2D eigenvalue weighted by Crippen LogP contribution is -2.47. The molecule has 1 aromatic heterocycles. The Morgan fingerprint density at radius 1 is 1.15 bits per heavy atom. The van der Waals surface area contributed by atoms with Crippen molar-refractivity contribution < 1.29 is 26.2 Å². The maximum absolute atomic E-state index is 12.9. The van der Waals surface area contributed by atoms with Crippen LogP contribution in [0.2, 0.25) is 0 Å². The highest BCUT2D eigenvalue weighted by Gasteiger charge is 2.39. The minimum atomic E-state index is -3.68. The molecule has 11 heteroatoms. The molecule has 3 rings (SSSR count). The van der Waals surface area contributed by atoms with Crippen LogP contribution in [0.1, 0.15) is 30.7 Å². The number of amides is 1. The van der Waals surface area contributed by atoms with Gasteiger partial charge in [0.15, 0.2) is 5.76 Å². The van der Waals surface area contributed by atoms with Gasteiger partial charge >= 0.3 is 0 Å². The molecule has 0 aromatic carbocycles. The average Bonchev–Trinajstić information content (AvgIpc) is 3.08. The van der Waals surface area contributed by atoms with Crippen molar-refractivity contribution in [2.24, 2.45) is 5.92 Å². The largest absolute Gasteiger partial charge is 0.360 e. The van der Waals surface area contributed by atoms with Crippen molar-refractivity contribution in [3.05, 3.63) is 11.5 Å². The van der Waals surface area contributed by atoms with E-state index in [4.69, 9.17) is 4.52 Å². The third-order valence-electron chi connectivity index (χ3n) is 5.21. The second-order valence-electron chi connectivity index (χ2n) is 7.50. The first-order valence-electron chi connectivity index (χ1n) is 8.89. The van der Waals surface area contributed by atoms with Gasteiger partial charge in [0.2, 0.25) is 15.9 Å². The van der Waals surface area contributed by atoms with Crippen molar-refractivity contribution in [2.45, 2.75) is 44.0 Å². The van der Waals surface area contributed by atoms with E-state index in [-0.39, 0.29) is 40.7 Å². The maximum Gasteiger partial charge on any atom is 0.248 e. The molecule has 0 spiro atoms. The van der Waals surface area contributed by atoms with Crippen molar-refractivity contribution in [3.8, 4) is 0 Å². The number of sulfonamides is 1. The van der Waals surface area contributed by atoms with Gasteiger partial charge in [-0.3, -0.25) is 4.79 Å². The Bertz CT molecular complexity index is 910. The summed E-state index contributed by atoms with van der Waals surface area (Å²) >= 11 is 0. The molecule has 9 nitrogen and oxygen atoms in total. The number of aromatic nitrogens is 1. The summed E-state index contributed by atoms with van der Waals surface area (Å²) in [5.74, 6) is 0.0503. The van der Waals surface area contributed by atoms with E-state index in [1.165, 1.54) is 10.6 Å². The van der Waals surface area contributed by atoms with Crippen LogP contribution in [0.15, 0.2) is 9.42 Å². The molecule has 1 atom stereocenters. The number of hydrogen-bond acceptors (Lipinski definition) is 7. The number of likely N-dealkylation sites (tertiary alicyclic amines) is 1. The van der Waals surface area contributed by atoms with Crippen LogP contribution < -0.4 is 0 Å². The summed E-state index contributed by atoms with van der Waals surface area (Å²) in [6.07, 6.45) is 2.47. The van der Waals surface area contributed by atoms with Crippen LogP contribution in [0, 0.1) is 19.8 Å². The van der Waals surface area contributed by atoms with Crippen LogP contribution in [-0.2, 0) is 24.7 Å². The van der Waals surface area contributed by atoms with E-state index in [0.717, 1.165) is 0 Å². The topological polar surface area (TPSA) is 118 Å². The molecule has 3 heterocycles. The zero-order valence-electron chi connectivity index (χ0n) is 15.7. The molecule has 0 N–H and O–H groups in total. The van der Waals surface area contributed by atoms with Crippen molar-refractivity contribution in [1.82, 2.24) is 14.4 Å². The number of hydrogen-bond donors (Lipinski definition) is 0. The summed E-state index contributed by atoms with van der Waals surface area (Å²) in [6.45, 7) is 4.20. The number of piperidine rings is 1. The Hall–Kier alpha value is -1.46. The normalized spacial score (nSPS) is 23.3. The van der Waals surface area contributed by atoms with Crippen molar-refractivity contribution >= 4 is 25.8 Å². The van der Waals surface area contributed by atoms with Gasteiger partial charge in [-0.05, 0) is 32.6 Å². The number of sulfone groups is 1. The lowest BCUT2D eigenvalue weighted by Gasteiger charge is -2.36. The predicted octanol–water partition coefficient (Wildman–Crippen LogP) is 0.338. The quantitative estimate of drug-likeness (QED) is 0.675. The van der Waals surface area contributed by atoms with Gasteiger partial charge < -0.3 is 9.42 Å². The Kier molecular flexibility index (Phi) is 5.39. The molecule has 2 aliphatic rings. The van der Waals surface area contributed by atoms with Crippen molar-refractivity contribution in [3.63, 3.8) is 0 Å². The van der Waals surface area contributed by atoms with E-state index in [1.807, 2.05) is 0 Å². The average molecular weight is 420 g/mol. The van der Waals surface area contributed by atoms with Gasteiger partial charge in [-0.25, -0.2) is 16.8 Å². The molecule has 0 saturated carbocycles. The van der Waals surface area contributed by atoms with Gasteiger partial charge in [0.05, 0.1) is 5.75 Å². The van der Waals surface area contributed by atoms with Gasteiger partial charge in [-0.2, -0.15) is 4.31 Å². The SMILES string of the molecule is Cc1noc(C)c1S(=O)(=O)N1CCC(N2CC(CS(C)(=O)=O)CC2=O)CC1. The van der Waals surface area contributed by atoms with Gasteiger partial charge in [-0.15, -0.1) is 0 Å². The van der Waals surface area contributed by atoms with Gasteiger partial charge in [0.25, 0.3) is 0 Å². The zero-order chi connectivity index (χ0) is 20.0. The molecule has 2 aliphatic heterocycles. The van der Waals surface area contributed by atoms with Crippen LogP contribution in [0.4, 0.5) is 0 Å². The van der Waals surface area contributed by atoms with Crippen LogP contribution in [0.3, 0.4) is 0 Å². The first-order valence-corrected chi connectivity index (χ1v) is 12.4. The Morgan fingerprint density at radius 2 is 1.78 bits per heavy atom. The smallest absolute Gasteiger partial charge is 0.248 e. The highest BCUT2D eigenvalue weighted by molar-refractivity contribution is 7.90. The minimum absolute atomic E-state index is 0.00844. The summed E-state index contributed by atoms with van der Waals surface area (Å²) in [5.41, 5.74) is 0.341. The fraction of sp³-hybridized carbons (Fsp3) is 0.750. The van der Waals surface area contributed by atoms with Crippen LogP contribution >= 0.6 is 0 Å². The molecular formula is C16H25N3O6S2. The third-order valence-corrected chi connectivity index (χ3v) is 8.43. The molecule has 0 bridgehead atoms. The first kappa shape index (κ1) is 20.3. The monoisotopic (exact) mass is 419 g/mol. The summed E-state index contributed by atoms with van der Waals surface area (Å²) in [6, 6.07) is -0.0572. The van der Waals surface area contributed by atoms with E-state index < -0.39 is 19.9 Å². The third kappa shape index (κ3) is 4.19. The fourth-order valence-electron chi connectivity index (χ4n) is 4.07. The second kappa shape index (κ2) is 7.17. The molecule has 2 saturated heterocycles. The number of aryl methyl sites for hydroxylation is 2.